The molecule has 0 bridgehead atoms. The van der Waals surface area contributed by atoms with Crippen molar-refractivity contribution < 1.29 is 24.2 Å². The molecule has 2 atom stereocenters. The van der Waals surface area contributed by atoms with E-state index in [0.717, 1.165) is 22.4 Å². The number of aliphatic hydroxyl groups excluding tert-OH is 1. The average molecular weight is 471 g/mol. The van der Waals surface area contributed by atoms with Crippen LogP contribution in [0, 0.1) is 0 Å². The molecule has 0 unspecified atom stereocenters. The minimum Gasteiger partial charge on any atom is -0.482 e. The lowest BCUT2D eigenvalue weighted by molar-refractivity contribution is -0.139. The van der Waals surface area contributed by atoms with E-state index in [2.05, 4.69) is 4.90 Å². The summed E-state index contributed by atoms with van der Waals surface area (Å²) in [6, 6.07) is 27.0. The lowest BCUT2D eigenvalue weighted by atomic mass is 10.1. The molecule has 0 aliphatic carbocycles. The Morgan fingerprint density at radius 3 is 2.43 bits per heavy atom. The van der Waals surface area contributed by atoms with Crippen LogP contribution in [-0.2, 0) is 11.3 Å². The van der Waals surface area contributed by atoms with Crippen LogP contribution in [0.4, 0.5) is 0 Å². The van der Waals surface area contributed by atoms with Crippen molar-refractivity contribution in [3.05, 3.63) is 96.4 Å². The number of aliphatic carboxylic acids is 1. The van der Waals surface area contributed by atoms with E-state index >= 15 is 0 Å². The van der Waals surface area contributed by atoms with Crippen LogP contribution in [0.1, 0.15) is 23.9 Å². The average Bonchev–Trinajstić information content (AvgIpc) is 3.48. The molecule has 1 fully saturated rings. The summed E-state index contributed by atoms with van der Waals surface area (Å²) < 4.78 is 11.7. The first-order valence-corrected chi connectivity index (χ1v) is 11.5. The third kappa shape index (κ3) is 5.26. The van der Waals surface area contributed by atoms with E-state index in [4.69, 9.17) is 19.2 Å². The number of carbonyl (C=O) groups is 1. The number of carboxylic acids is 1. The van der Waals surface area contributed by atoms with E-state index in [-0.39, 0.29) is 6.04 Å². The molecule has 7 heteroatoms. The first-order valence-electron chi connectivity index (χ1n) is 11.5. The maximum absolute atomic E-state index is 10.8. The molecule has 0 radical (unpaired) electrons. The summed E-state index contributed by atoms with van der Waals surface area (Å²) in [5.74, 6) is 0.746. The second-order valence-corrected chi connectivity index (χ2v) is 8.63. The molecule has 178 valence electrons. The maximum Gasteiger partial charge on any atom is 0.341 e. The SMILES string of the molecule is O=C(O)COc1cccc(CN2C[C@H](O)C[C@@H]2c2nc(-c3ccccc3)c(-c3ccccc3)o2)c1. The van der Waals surface area contributed by atoms with Crippen molar-refractivity contribution >= 4 is 5.97 Å². The fraction of sp³-hybridized carbons (Fsp3) is 0.214. The van der Waals surface area contributed by atoms with Crippen LogP contribution in [0.5, 0.6) is 5.75 Å². The van der Waals surface area contributed by atoms with Crippen molar-refractivity contribution in [1.82, 2.24) is 9.88 Å². The van der Waals surface area contributed by atoms with Gasteiger partial charge in [0, 0.05) is 24.2 Å². The molecule has 5 rings (SSSR count). The van der Waals surface area contributed by atoms with E-state index in [1.807, 2.05) is 78.9 Å². The quantitative estimate of drug-likeness (QED) is 0.383. The van der Waals surface area contributed by atoms with Crippen molar-refractivity contribution in [2.24, 2.45) is 0 Å². The number of oxazole rings is 1. The van der Waals surface area contributed by atoms with Gasteiger partial charge in [-0.05, 0) is 24.1 Å². The fourth-order valence-corrected chi connectivity index (χ4v) is 4.48. The molecule has 0 spiro atoms. The molecule has 2 N–H and O–H groups in total. The largest absolute Gasteiger partial charge is 0.482 e. The van der Waals surface area contributed by atoms with E-state index in [9.17, 15) is 9.90 Å². The highest BCUT2D eigenvalue weighted by molar-refractivity contribution is 5.76. The van der Waals surface area contributed by atoms with Crippen LogP contribution in [0.3, 0.4) is 0 Å². The van der Waals surface area contributed by atoms with Crippen molar-refractivity contribution in [1.29, 1.82) is 0 Å². The Morgan fingerprint density at radius 1 is 1.00 bits per heavy atom. The predicted octanol–water partition coefficient (Wildman–Crippen LogP) is 4.78. The van der Waals surface area contributed by atoms with Gasteiger partial charge >= 0.3 is 5.97 Å². The van der Waals surface area contributed by atoms with Gasteiger partial charge < -0.3 is 19.4 Å². The molecular weight excluding hydrogens is 444 g/mol. The van der Waals surface area contributed by atoms with E-state index < -0.39 is 18.7 Å². The van der Waals surface area contributed by atoms with Crippen LogP contribution in [0.2, 0.25) is 0 Å². The zero-order valence-electron chi connectivity index (χ0n) is 19.1. The molecule has 2 heterocycles. The molecular formula is C28H26N2O5. The van der Waals surface area contributed by atoms with Crippen LogP contribution < -0.4 is 4.74 Å². The Bertz CT molecular complexity index is 1230. The third-order valence-electron chi connectivity index (χ3n) is 6.04. The lowest BCUT2D eigenvalue weighted by Crippen LogP contribution is -2.24. The summed E-state index contributed by atoms with van der Waals surface area (Å²) in [6.45, 7) is 0.625. The van der Waals surface area contributed by atoms with Crippen molar-refractivity contribution in [2.45, 2.75) is 25.1 Å². The first kappa shape index (κ1) is 22.8. The van der Waals surface area contributed by atoms with Gasteiger partial charge in [0.05, 0.1) is 12.1 Å². The number of rotatable bonds is 8. The minimum absolute atomic E-state index is 0.200. The van der Waals surface area contributed by atoms with Crippen LogP contribution in [0.15, 0.2) is 89.3 Å². The maximum atomic E-state index is 10.8. The number of likely N-dealkylation sites (tertiary alicyclic amines) is 1. The predicted molar refractivity (Wildman–Crippen MR) is 131 cm³/mol. The van der Waals surface area contributed by atoms with Gasteiger partial charge in [-0.25, -0.2) is 9.78 Å². The van der Waals surface area contributed by atoms with Gasteiger partial charge in [-0.15, -0.1) is 0 Å². The number of nitrogens with zero attached hydrogens (tertiary/aromatic N) is 2. The minimum atomic E-state index is -1.02. The first-order chi connectivity index (χ1) is 17.1. The normalized spacial score (nSPS) is 18.0. The van der Waals surface area contributed by atoms with Gasteiger partial charge in [-0.1, -0.05) is 72.8 Å². The standard InChI is InChI=1S/C28H26N2O5/c31-22-15-24(30(17-22)16-19-8-7-13-23(14-19)34-18-25(32)33)28-29-26(20-9-3-1-4-10-20)27(35-28)21-11-5-2-6-12-21/h1-14,22,24,31H,15-18H2,(H,32,33)/t22-,24-/m1/s1. The molecule has 1 aromatic heterocycles. The zero-order valence-corrected chi connectivity index (χ0v) is 19.1. The zero-order chi connectivity index (χ0) is 24.2. The number of carboxylic acid groups (broad SMARTS) is 1. The third-order valence-corrected chi connectivity index (χ3v) is 6.04. The Labute approximate surface area is 203 Å². The highest BCUT2D eigenvalue weighted by Crippen LogP contribution is 2.39. The molecule has 1 saturated heterocycles. The summed E-state index contributed by atoms with van der Waals surface area (Å²) >= 11 is 0. The monoisotopic (exact) mass is 470 g/mol. The molecule has 3 aromatic carbocycles. The van der Waals surface area contributed by atoms with Gasteiger partial charge in [-0.3, -0.25) is 4.90 Å². The summed E-state index contributed by atoms with van der Waals surface area (Å²) in [5.41, 5.74) is 3.63. The fourth-order valence-electron chi connectivity index (χ4n) is 4.48. The number of aliphatic hydroxyl groups is 1. The van der Waals surface area contributed by atoms with E-state index in [1.165, 1.54) is 0 Å². The number of benzene rings is 3. The van der Waals surface area contributed by atoms with Gasteiger partial charge in [0.15, 0.2) is 12.4 Å². The highest BCUT2D eigenvalue weighted by Gasteiger charge is 2.36. The number of β-amino-alcohol motifs (C(OH)–C–C–N with tert-alkyl or cyclic N) is 1. The lowest BCUT2D eigenvalue weighted by Gasteiger charge is -2.22. The Kier molecular flexibility index (Phi) is 6.61. The smallest absolute Gasteiger partial charge is 0.341 e. The van der Waals surface area contributed by atoms with Gasteiger partial charge in [0.2, 0.25) is 5.89 Å². The molecule has 1 aliphatic heterocycles. The Hall–Kier alpha value is -3.94. The topological polar surface area (TPSA) is 96.0 Å². The molecule has 35 heavy (non-hydrogen) atoms. The second kappa shape index (κ2) is 10.1. The van der Waals surface area contributed by atoms with Crippen LogP contribution in [0.25, 0.3) is 22.6 Å². The number of aromatic nitrogens is 1. The summed E-state index contributed by atoms with van der Waals surface area (Å²) in [5, 5.41) is 19.4. The summed E-state index contributed by atoms with van der Waals surface area (Å²) in [6.07, 6.45) is 0.0109. The van der Waals surface area contributed by atoms with Crippen LogP contribution in [-0.4, -0.2) is 45.3 Å². The number of hydrogen-bond acceptors (Lipinski definition) is 6. The number of ether oxygens (including phenoxy) is 1. The van der Waals surface area contributed by atoms with Crippen molar-refractivity contribution in [3.63, 3.8) is 0 Å². The summed E-state index contributed by atoms with van der Waals surface area (Å²) in [7, 11) is 0. The van der Waals surface area contributed by atoms with Crippen molar-refractivity contribution in [3.8, 4) is 28.3 Å². The molecule has 0 saturated carbocycles. The molecule has 7 nitrogen and oxygen atoms in total. The molecule has 0 amide bonds. The molecule has 1 aliphatic rings. The number of hydrogen-bond donors (Lipinski definition) is 2. The summed E-state index contributed by atoms with van der Waals surface area (Å²) in [4.78, 5) is 17.9. The van der Waals surface area contributed by atoms with Crippen molar-refractivity contribution in [2.75, 3.05) is 13.2 Å². The highest BCUT2D eigenvalue weighted by atomic mass is 16.5. The molecule has 4 aromatic rings. The van der Waals surface area contributed by atoms with Crippen LogP contribution >= 0.6 is 0 Å². The van der Waals surface area contributed by atoms with E-state index in [0.29, 0.717) is 36.9 Å². The van der Waals surface area contributed by atoms with Gasteiger partial charge in [-0.2, -0.15) is 0 Å². The Morgan fingerprint density at radius 2 is 1.71 bits per heavy atom. The van der Waals surface area contributed by atoms with Gasteiger partial charge in [0.25, 0.3) is 0 Å². The second-order valence-electron chi connectivity index (χ2n) is 8.63. The van der Waals surface area contributed by atoms with E-state index in [1.54, 1.807) is 6.07 Å². The van der Waals surface area contributed by atoms with Gasteiger partial charge in [0.1, 0.15) is 11.4 Å². The Balaban J connectivity index is 1.45.